The highest BCUT2D eigenvalue weighted by Crippen LogP contribution is 2.27. The van der Waals surface area contributed by atoms with Gasteiger partial charge in [0, 0.05) is 43.7 Å². The zero-order valence-corrected chi connectivity index (χ0v) is 14.2. The monoisotopic (exact) mass is 310 g/mol. The van der Waals surface area contributed by atoms with Crippen LogP contribution in [0.3, 0.4) is 0 Å². The van der Waals surface area contributed by atoms with E-state index in [1.165, 1.54) is 5.69 Å². The largest absolute Gasteiger partial charge is 0.383 e. The summed E-state index contributed by atoms with van der Waals surface area (Å²) in [6.45, 7) is 8.03. The lowest BCUT2D eigenvalue weighted by molar-refractivity contribution is 0.203. The van der Waals surface area contributed by atoms with Gasteiger partial charge in [-0.05, 0) is 20.3 Å². The van der Waals surface area contributed by atoms with E-state index >= 15 is 0 Å². The molecule has 2 heterocycles. The SMILES string of the molecule is CCC(C)N(CCOC)c1nc2sccn2c1CC(C)N. The van der Waals surface area contributed by atoms with Crippen LogP contribution in [0.1, 0.15) is 32.9 Å². The minimum absolute atomic E-state index is 0.116. The molecule has 2 rings (SSSR count). The number of rotatable bonds is 8. The summed E-state index contributed by atoms with van der Waals surface area (Å²) in [6, 6.07) is 0.543. The van der Waals surface area contributed by atoms with Crippen molar-refractivity contribution in [2.24, 2.45) is 5.73 Å². The Morgan fingerprint density at radius 2 is 2.24 bits per heavy atom. The zero-order chi connectivity index (χ0) is 15.4. The number of fused-ring (bicyclic) bond motifs is 1. The first kappa shape index (κ1) is 16.3. The molecule has 0 amide bonds. The van der Waals surface area contributed by atoms with Gasteiger partial charge in [-0.3, -0.25) is 4.40 Å². The molecule has 0 aliphatic rings. The quantitative estimate of drug-likeness (QED) is 0.814. The Balaban J connectivity index is 2.42. The predicted octanol–water partition coefficient (Wildman–Crippen LogP) is 2.54. The van der Waals surface area contributed by atoms with Crippen LogP contribution < -0.4 is 10.6 Å². The van der Waals surface area contributed by atoms with Gasteiger partial charge in [0.05, 0.1) is 12.3 Å². The third kappa shape index (κ3) is 3.56. The number of methoxy groups -OCH3 is 1. The van der Waals surface area contributed by atoms with Gasteiger partial charge in [-0.1, -0.05) is 6.92 Å². The number of hydrogen-bond acceptors (Lipinski definition) is 5. The van der Waals surface area contributed by atoms with Crippen LogP contribution in [0, 0.1) is 0 Å². The maximum Gasteiger partial charge on any atom is 0.195 e. The van der Waals surface area contributed by atoms with Gasteiger partial charge in [0.25, 0.3) is 0 Å². The van der Waals surface area contributed by atoms with Crippen LogP contribution >= 0.6 is 11.3 Å². The van der Waals surface area contributed by atoms with Gasteiger partial charge in [-0.25, -0.2) is 4.98 Å². The van der Waals surface area contributed by atoms with Gasteiger partial charge in [0.15, 0.2) is 10.8 Å². The number of ether oxygens (including phenoxy) is 1. The standard InChI is InChI=1S/C15H26N4OS/c1-5-12(3)18(6-8-20-4)14-13(10-11(2)16)19-7-9-21-15(19)17-14/h7,9,11-12H,5-6,8,10,16H2,1-4H3. The molecule has 2 aromatic rings. The molecule has 2 N–H and O–H groups in total. The van der Waals surface area contributed by atoms with Gasteiger partial charge in [-0.2, -0.15) is 0 Å². The van der Waals surface area contributed by atoms with Crippen molar-refractivity contribution >= 4 is 22.1 Å². The third-order valence-corrected chi connectivity index (χ3v) is 4.54. The first-order valence-electron chi connectivity index (χ1n) is 7.54. The normalized spacial score (nSPS) is 14.5. The topological polar surface area (TPSA) is 55.8 Å². The Hall–Kier alpha value is -1.11. The van der Waals surface area contributed by atoms with Crippen molar-refractivity contribution < 1.29 is 4.74 Å². The molecule has 0 bridgehead atoms. The molecule has 5 nitrogen and oxygen atoms in total. The van der Waals surface area contributed by atoms with Crippen LogP contribution in [0.25, 0.3) is 4.96 Å². The molecular formula is C15H26N4OS. The number of imidazole rings is 1. The second kappa shape index (κ2) is 7.24. The van der Waals surface area contributed by atoms with Crippen molar-refractivity contribution in [1.82, 2.24) is 9.38 Å². The van der Waals surface area contributed by atoms with E-state index in [-0.39, 0.29) is 6.04 Å². The number of anilines is 1. The summed E-state index contributed by atoms with van der Waals surface area (Å²) < 4.78 is 7.44. The fourth-order valence-corrected chi connectivity index (χ4v) is 3.22. The minimum Gasteiger partial charge on any atom is -0.383 e. The van der Waals surface area contributed by atoms with E-state index in [9.17, 15) is 0 Å². The van der Waals surface area contributed by atoms with E-state index in [2.05, 4.69) is 34.7 Å². The average Bonchev–Trinajstić information content (AvgIpc) is 3.02. The van der Waals surface area contributed by atoms with Crippen molar-refractivity contribution in [2.45, 2.75) is 45.7 Å². The highest BCUT2D eigenvalue weighted by atomic mass is 32.1. The summed E-state index contributed by atoms with van der Waals surface area (Å²) >= 11 is 1.66. The molecular weight excluding hydrogens is 284 g/mol. The van der Waals surface area contributed by atoms with E-state index in [0.29, 0.717) is 12.6 Å². The summed E-state index contributed by atoms with van der Waals surface area (Å²) in [7, 11) is 1.74. The maximum absolute atomic E-state index is 6.04. The maximum atomic E-state index is 6.04. The lowest BCUT2D eigenvalue weighted by atomic mass is 10.1. The van der Waals surface area contributed by atoms with Gasteiger partial charge >= 0.3 is 0 Å². The van der Waals surface area contributed by atoms with Crippen LogP contribution in [-0.4, -0.2) is 41.7 Å². The zero-order valence-electron chi connectivity index (χ0n) is 13.4. The number of nitrogens with zero attached hydrogens (tertiary/aromatic N) is 3. The fraction of sp³-hybridized carbons (Fsp3) is 0.667. The molecule has 0 aromatic carbocycles. The summed E-state index contributed by atoms with van der Waals surface area (Å²) in [5.74, 6) is 1.06. The second-order valence-electron chi connectivity index (χ2n) is 5.56. The number of hydrogen-bond donors (Lipinski definition) is 1. The highest BCUT2D eigenvalue weighted by Gasteiger charge is 2.22. The van der Waals surface area contributed by atoms with E-state index in [0.717, 1.165) is 30.2 Å². The number of aromatic nitrogens is 2. The van der Waals surface area contributed by atoms with Crippen LogP contribution in [0.4, 0.5) is 5.82 Å². The Labute approximate surface area is 130 Å². The Morgan fingerprint density at radius 1 is 1.48 bits per heavy atom. The van der Waals surface area contributed by atoms with Gasteiger partial charge in [0.1, 0.15) is 0 Å². The Kier molecular flexibility index (Phi) is 5.61. The number of thiazole rings is 1. The molecule has 0 radical (unpaired) electrons. The molecule has 0 aliphatic carbocycles. The molecule has 2 atom stereocenters. The minimum atomic E-state index is 0.116. The molecule has 6 heteroatoms. The fourth-order valence-electron chi connectivity index (χ4n) is 2.49. The molecule has 0 fully saturated rings. The van der Waals surface area contributed by atoms with Crippen molar-refractivity contribution in [1.29, 1.82) is 0 Å². The van der Waals surface area contributed by atoms with Crippen LogP contribution in [0.15, 0.2) is 11.6 Å². The molecule has 0 aliphatic heterocycles. The first-order valence-corrected chi connectivity index (χ1v) is 8.42. The van der Waals surface area contributed by atoms with Crippen LogP contribution in [-0.2, 0) is 11.2 Å². The smallest absolute Gasteiger partial charge is 0.195 e. The van der Waals surface area contributed by atoms with Gasteiger partial charge in [0.2, 0.25) is 0 Å². The molecule has 21 heavy (non-hydrogen) atoms. The molecule has 0 spiro atoms. The van der Waals surface area contributed by atoms with Crippen molar-refractivity contribution in [2.75, 3.05) is 25.2 Å². The molecule has 0 saturated carbocycles. The number of nitrogens with two attached hydrogens (primary N) is 1. The summed E-state index contributed by atoms with van der Waals surface area (Å²) in [6.07, 6.45) is 3.99. The Morgan fingerprint density at radius 3 is 2.86 bits per heavy atom. The second-order valence-corrected chi connectivity index (χ2v) is 6.44. The average molecular weight is 310 g/mol. The predicted molar refractivity (Wildman–Crippen MR) is 89.4 cm³/mol. The van der Waals surface area contributed by atoms with E-state index < -0.39 is 0 Å². The summed E-state index contributed by atoms with van der Waals surface area (Å²) in [5, 5.41) is 2.07. The van der Waals surface area contributed by atoms with Crippen LogP contribution in [0.2, 0.25) is 0 Å². The highest BCUT2D eigenvalue weighted by molar-refractivity contribution is 7.15. The summed E-state index contributed by atoms with van der Waals surface area (Å²) in [5.41, 5.74) is 7.25. The van der Waals surface area contributed by atoms with Gasteiger partial charge < -0.3 is 15.4 Å². The molecule has 0 saturated heterocycles. The third-order valence-electron chi connectivity index (χ3n) is 3.79. The van der Waals surface area contributed by atoms with E-state index in [4.69, 9.17) is 15.5 Å². The Bertz CT molecular complexity index is 563. The van der Waals surface area contributed by atoms with E-state index in [1.54, 1.807) is 18.4 Å². The lowest BCUT2D eigenvalue weighted by Gasteiger charge is -2.29. The lowest BCUT2D eigenvalue weighted by Crippen LogP contribution is -2.37. The summed E-state index contributed by atoms with van der Waals surface area (Å²) in [4.78, 5) is 8.23. The first-order chi connectivity index (χ1) is 10.1. The molecule has 2 aromatic heterocycles. The van der Waals surface area contributed by atoms with Crippen molar-refractivity contribution in [3.63, 3.8) is 0 Å². The van der Waals surface area contributed by atoms with Crippen molar-refractivity contribution in [3.05, 3.63) is 17.3 Å². The van der Waals surface area contributed by atoms with Crippen LogP contribution in [0.5, 0.6) is 0 Å². The van der Waals surface area contributed by atoms with Gasteiger partial charge in [-0.15, -0.1) is 11.3 Å². The molecule has 2 unspecified atom stereocenters. The van der Waals surface area contributed by atoms with E-state index in [1.807, 2.05) is 6.92 Å². The van der Waals surface area contributed by atoms with Crippen molar-refractivity contribution in [3.8, 4) is 0 Å². The molecule has 118 valence electrons.